The average molecular weight is 2460 g/mol. The molecule has 5 aliphatic heterocycles. The van der Waals surface area contributed by atoms with Crippen LogP contribution in [-0.4, -0.2) is 21.1 Å². The van der Waals surface area contributed by atoms with Gasteiger partial charge in [-0.15, -0.1) is 24.6 Å². The predicted octanol–water partition coefficient (Wildman–Crippen LogP) is 26.9. The van der Waals surface area contributed by atoms with E-state index in [9.17, 15) is 0 Å². The molecule has 0 fully saturated rings. The molecule has 0 saturated heterocycles. The molecule has 5 aliphatic rings. The summed E-state index contributed by atoms with van der Waals surface area (Å²) in [5.41, 5.74) is 0. The van der Waals surface area contributed by atoms with E-state index in [2.05, 4.69) is 335 Å². The molecule has 0 N–H and O–H groups in total. The van der Waals surface area contributed by atoms with Crippen LogP contribution in [0.15, 0.2) is 488 Å². The summed E-state index contributed by atoms with van der Waals surface area (Å²) in [6.07, 6.45) is 33.4. The number of nitrogens with zero attached hydrogens (tertiary/aromatic N) is 8. The fourth-order valence-electron chi connectivity index (χ4n) is 12.9. The minimum atomic E-state index is -0.794. The summed E-state index contributed by atoms with van der Waals surface area (Å²) >= 11 is 6.69. The van der Waals surface area contributed by atoms with E-state index in [0.29, 0.717) is 5.88 Å². The van der Waals surface area contributed by atoms with Crippen LogP contribution in [0.25, 0.3) is 0 Å². The molecule has 26 heteroatoms. The zero-order valence-electron chi connectivity index (χ0n) is 78.9. The second kappa shape index (κ2) is 71.1. The van der Waals surface area contributed by atoms with Crippen LogP contribution in [0.1, 0.15) is 13.8 Å². The summed E-state index contributed by atoms with van der Waals surface area (Å²) < 4.78 is 30.1. The summed E-state index contributed by atoms with van der Waals surface area (Å²) in [6, 6.07) is 129. The van der Waals surface area contributed by atoms with Crippen LogP contribution in [0.2, 0.25) is 0 Å². The van der Waals surface area contributed by atoms with Crippen LogP contribution in [-0.2, 0) is 121 Å². The normalized spacial score (nSPS) is 12.5. The van der Waals surface area contributed by atoms with Gasteiger partial charge in [0.25, 0.3) is 0 Å². The summed E-state index contributed by atoms with van der Waals surface area (Å²) in [6.45, 7) is 24.3. The largest absolute Gasteiger partial charge is 4.00 e. The Labute approximate surface area is 929 Å². The van der Waals surface area contributed by atoms with Gasteiger partial charge >= 0.3 is 97.4 Å². The van der Waals surface area contributed by atoms with Gasteiger partial charge in [0.15, 0.2) is 0 Å². The van der Waals surface area contributed by atoms with Gasteiger partial charge in [-0.1, -0.05) is 239 Å². The number of aryl methyl sites for hydroxylation is 2. The topological polar surface area (TPSA) is 79.4 Å². The van der Waals surface area contributed by atoms with E-state index in [1.807, 2.05) is 263 Å². The number of ether oxygens (including phenoxy) is 4. The average Bonchev–Trinajstić information content (AvgIpc) is 1.13. The quantitative estimate of drug-likeness (QED) is 0.0347. The van der Waals surface area contributed by atoms with E-state index in [1.165, 1.54) is 49.2 Å². The number of rotatable bonds is 23. The molecule has 0 bridgehead atoms. The van der Waals surface area contributed by atoms with Crippen molar-refractivity contribution < 1.29 is 121 Å². The molecule has 0 amide bonds. The Kier molecular flexibility index (Phi) is 60.3. The van der Waals surface area contributed by atoms with Gasteiger partial charge in [0, 0.05) is 44.1 Å². The molecule has 0 unspecified atom stereocenters. The maximum atomic E-state index is 5.68. The molecule has 10 aromatic carbocycles. The molecule has 5 aromatic heterocycles. The summed E-state index contributed by atoms with van der Waals surface area (Å²) in [7, 11) is 2.84. The van der Waals surface area contributed by atoms with Crippen LogP contribution in [0.4, 0.5) is 27.5 Å². The number of benzene rings is 10. The third-order valence-corrected chi connectivity index (χ3v) is 32.1. The Morgan fingerprint density at radius 3 is 0.908 bits per heavy atom. The van der Waals surface area contributed by atoms with Gasteiger partial charge in [-0.05, 0) is 200 Å². The Balaban J connectivity index is 0.000000242. The third kappa shape index (κ3) is 42.5. The molecule has 726 valence electrons. The maximum absolute atomic E-state index is 5.68. The summed E-state index contributed by atoms with van der Waals surface area (Å²) in [5.74, 6) is 17.5. The zero-order chi connectivity index (χ0) is 95.7. The molecule has 142 heavy (non-hydrogen) atoms. The van der Waals surface area contributed by atoms with Crippen molar-refractivity contribution in [2.75, 3.05) is 31.5 Å². The van der Waals surface area contributed by atoms with Crippen LogP contribution in [0.3, 0.4) is 0 Å². The van der Waals surface area contributed by atoms with Gasteiger partial charge in [0.05, 0.1) is 60.8 Å². The van der Waals surface area contributed by atoms with Crippen molar-refractivity contribution in [3.05, 3.63) is 585 Å². The van der Waals surface area contributed by atoms with Crippen LogP contribution in [0, 0.1) is 102 Å². The molecule has 0 saturated carbocycles. The Morgan fingerprint density at radius 1 is 0.345 bits per heavy atom. The van der Waals surface area contributed by atoms with Gasteiger partial charge in [-0.25, -0.2) is 76.2 Å². The molecule has 0 atom stereocenters. The van der Waals surface area contributed by atoms with E-state index in [0.717, 1.165) is 45.3 Å². The van der Waals surface area contributed by atoms with Crippen molar-refractivity contribution in [1.82, 2.24) is 14.0 Å². The molecule has 13 nitrogen and oxygen atoms in total. The number of allylic oxidation sites excluding steroid dienone is 4. The van der Waals surface area contributed by atoms with Crippen molar-refractivity contribution in [2.24, 2.45) is 14.1 Å². The summed E-state index contributed by atoms with van der Waals surface area (Å²) in [5, 5.41) is 21.5. The van der Waals surface area contributed by atoms with Gasteiger partial charge in [-0.3, -0.25) is 22.7 Å². The Bertz CT molecular complexity index is 5360. The van der Waals surface area contributed by atoms with Crippen molar-refractivity contribution in [2.45, 2.75) is 13.8 Å². The first-order valence-electron chi connectivity index (χ1n) is 43.7. The molecule has 20 rings (SSSR count). The zero-order valence-corrected chi connectivity index (χ0v) is 94.9. The standard InChI is InChI=1S/C18H18O2.4C15H14P.C9H11N3.C8H8N2S.C7H5NO2.C7H5NOS.C7H5NS2.5Ru/c1-15(19-17-9-5-3-6-10-17)13-14-16(2)20-18-11-7-4-8-12-18;4*1-2-13-16(14-9-5-3-6-10-14)15-11-7-4-8-12-15;1-10-6-7-12(8-10)9-4-3-5-11(9)2;1-9-4-2-3-8(9)10-5-6-11-7-10;1-2-7(10-4-1)8-3-5-9-6-8;1-2-7(10-5-1)8-3-4-9-6-8;1-2-7(10-4-1)8-3-5-9-6-8;;;;;/h3-14H,1-2H3;4*2-13H,1H2;3,5-8H,1-2H3;2,4-7H,1H3;3*1,3-6H;;;;;/q-2;4*-1;5*-2;4*+3;+4/p+4. The minimum absolute atomic E-state index is 0. The third-order valence-electron chi connectivity index (χ3n) is 19.3. The number of hydrogen-bond acceptors (Lipinski definition) is 15. The number of thiophene rings is 2. The first kappa shape index (κ1) is 120. The minimum Gasteiger partial charge on any atom is -0.646 e. The Morgan fingerprint density at radius 2 is 0.655 bits per heavy atom. The fourth-order valence-corrected chi connectivity index (χ4v) is 23.6. The van der Waals surface area contributed by atoms with E-state index < -0.39 is 31.7 Å². The first-order valence-corrected chi connectivity index (χ1v) is 53.7. The van der Waals surface area contributed by atoms with Gasteiger partial charge in [0.1, 0.15) is 11.5 Å². The SMILES string of the molecule is CN1C=CN(c2[c-]ccn2C)[CH-]1.C[C-](C=C[C-](C)Oc1ccccc1)Oc1ccccc1.Cn1cc[c-]c1N1C=CS[CH-]1.[CH2-]C=C[PH+](c1ccccc1)c1ccccc1.[CH2-]C=C[PH+](c1ccccc1)c1ccccc1.[CH2-]C=C[PH+](c1ccccc1)c1ccccc1.[CH2-]C=C[PH+](c1ccccc1)c1ccccc1.[Ru+3].[Ru+3].[Ru+3].[Ru+3].[Ru+4].[c-]1ccoc1N1C=CO[CH-]1.[c-]1ccsc1N1C=CO[CH-]1.[c-]1ccsc1N1C=CS[CH-]1. The van der Waals surface area contributed by atoms with Gasteiger partial charge < -0.3 is 97.6 Å². The monoisotopic (exact) mass is 2460 g/mol. The van der Waals surface area contributed by atoms with Crippen LogP contribution >= 0.6 is 77.9 Å². The molecule has 10 heterocycles. The first-order chi connectivity index (χ1) is 67.4. The molecule has 0 spiro atoms. The van der Waals surface area contributed by atoms with E-state index in [-0.39, 0.29) is 97.4 Å². The van der Waals surface area contributed by atoms with E-state index in [1.54, 1.807) is 88.9 Å². The van der Waals surface area contributed by atoms with Gasteiger partial charge in [0.2, 0.25) is 0 Å². The number of thioether (sulfide) groups is 2. The van der Waals surface area contributed by atoms with Crippen molar-refractivity contribution >= 4 is 148 Å². The fraction of sp³-hybridized carbons (Fsp3) is 0.0431. The summed E-state index contributed by atoms with van der Waals surface area (Å²) in [4.78, 5) is 11.7. The number of para-hydroxylation sites is 2. The predicted molar refractivity (Wildman–Crippen MR) is 598 cm³/mol. The van der Waals surface area contributed by atoms with Crippen LogP contribution < -0.4 is 76.4 Å². The smallest absolute Gasteiger partial charge is 0.646 e. The molecule has 4 radical (unpaired) electrons. The second-order valence-electron chi connectivity index (χ2n) is 29.2. The number of anilines is 5. The van der Waals surface area contributed by atoms with Crippen molar-refractivity contribution in [3.8, 4) is 11.5 Å². The molecule has 15 aromatic rings. The number of furan rings is 1. The van der Waals surface area contributed by atoms with Crippen molar-refractivity contribution in [1.29, 1.82) is 0 Å². The van der Waals surface area contributed by atoms with E-state index >= 15 is 0 Å². The van der Waals surface area contributed by atoms with Crippen LogP contribution in [0.5, 0.6) is 11.5 Å². The number of aromatic nitrogens is 2. The van der Waals surface area contributed by atoms with Crippen molar-refractivity contribution in [3.63, 3.8) is 0 Å². The Hall–Kier alpha value is -10.4. The van der Waals surface area contributed by atoms with Gasteiger partial charge in [-0.2, -0.15) is 65.6 Å². The maximum Gasteiger partial charge on any atom is 4.00 e. The molecule has 0 aliphatic carbocycles. The number of hydrogen-bond donors (Lipinski definition) is 0. The van der Waals surface area contributed by atoms with E-state index in [4.69, 9.17) is 23.4 Å². The molecular weight excluding hydrogens is 2340 g/mol. The second-order valence-corrected chi connectivity index (χ2v) is 41.8. The molecular formula is C116H112N8O5P4Ru5S4+4.